The maximum atomic E-state index is 5.73. The van der Waals surface area contributed by atoms with E-state index in [0.29, 0.717) is 0 Å². The summed E-state index contributed by atoms with van der Waals surface area (Å²) < 4.78 is 14.0. The van der Waals surface area contributed by atoms with Crippen molar-refractivity contribution >= 4 is 9.68 Å². The zero-order valence-corrected chi connectivity index (χ0v) is 14.4. The summed E-state index contributed by atoms with van der Waals surface area (Å²) in [7, 11) is -0.330. The third-order valence-corrected chi connectivity index (χ3v) is 5.32. The summed E-state index contributed by atoms with van der Waals surface area (Å²) in [5, 5.41) is 0. The van der Waals surface area contributed by atoms with Crippen LogP contribution in [-0.4, -0.2) is 52.8 Å². The molecule has 0 rings (SSSR count). The Morgan fingerprint density at radius 2 is 1.44 bits per heavy atom. The predicted octanol–water partition coefficient (Wildman–Crippen LogP) is 2.15. The molecule has 0 bridgehead atoms. The highest BCUT2D eigenvalue weighted by atomic mass is 28.2. The average Bonchev–Trinajstić information content (AvgIpc) is 2.35. The van der Waals surface area contributed by atoms with E-state index in [1.165, 1.54) is 5.57 Å². The first kappa shape index (κ1) is 17.8. The van der Waals surface area contributed by atoms with Crippen molar-refractivity contribution in [3.8, 4) is 0 Å². The molecule has 0 N–H and O–H groups in total. The first-order valence-electron chi connectivity index (χ1n) is 7.25. The summed E-state index contributed by atoms with van der Waals surface area (Å²) in [6.07, 6.45) is 0.333. The molecule has 0 heterocycles. The third-order valence-electron chi connectivity index (χ3n) is 3.25. The Morgan fingerprint density at radius 1 is 1.00 bits per heavy atom. The summed E-state index contributed by atoms with van der Waals surface area (Å²) in [4.78, 5) is 0. The molecule has 2 atom stereocenters. The minimum absolute atomic E-state index is 0.166. The molecule has 0 spiro atoms. The van der Waals surface area contributed by atoms with Crippen LogP contribution in [0.4, 0.5) is 0 Å². The van der Waals surface area contributed by atoms with Crippen LogP contribution in [0.1, 0.15) is 41.5 Å². The fraction of sp³-hybridized carbons (Fsp3) is 0.857. The van der Waals surface area contributed by atoms with Gasteiger partial charge in [-0.2, -0.15) is 0 Å². The Bertz CT molecular complexity index is 216. The van der Waals surface area contributed by atoms with E-state index in [2.05, 4.69) is 38.0 Å². The molecule has 0 radical (unpaired) electrons. The largest absolute Gasteiger partial charge is 0.374 e. The Morgan fingerprint density at radius 3 is 1.78 bits per heavy atom. The van der Waals surface area contributed by atoms with Gasteiger partial charge < -0.3 is 14.0 Å². The maximum Gasteiger partial charge on any atom is 0.119 e. The molecule has 0 aromatic rings. The summed E-state index contributed by atoms with van der Waals surface area (Å²) in [5.41, 5.74) is 3.73. The molecule has 0 fully saturated rings. The van der Waals surface area contributed by atoms with E-state index in [0.717, 1.165) is 26.3 Å². The minimum Gasteiger partial charge on any atom is -0.374 e. The molecule has 18 heavy (non-hydrogen) atoms. The fourth-order valence-electron chi connectivity index (χ4n) is 2.07. The van der Waals surface area contributed by atoms with Gasteiger partial charge in [-0.05, 0) is 46.4 Å². The van der Waals surface area contributed by atoms with Gasteiger partial charge in [-0.1, -0.05) is 19.5 Å². The first-order valence-corrected chi connectivity index (χ1v) is 8.70. The summed E-state index contributed by atoms with van der Waals surface area (Å²) in [6, 6.07) is 0. The van der Waals surface area contributed by atoms with E-state index in [9.17, 15) is 0 Å². The molecular weight excluding hydrogens is 242 g/mol. The summed E-state index contributed by atoms with van der Waals surface area (Å²) in [5.74, 6) is 0. The number of hydrogen-bond acceptors (Lipinski definition) is 3. The van der Waals surface area contributed by atoms with Gasteiger partial charge in [-0.15, -0.1) is 0 Å². The second-order valence-corrected chi connectivity index (χ2v) is 6.05. The molecule has 0 aliphatic heterocycles. The van der Waals surface area contributed by atoms with Crippen molar-refractivity contribution in [3.05, 3.63) is 11.3 Å². The first-order chi connectivity index (χ1) is 8.60. The SMILES string of the molecule is CCOC(C)C(=C[SiH2]N(CC)CC)C(C)OCC. The molecule has 2 unspecified atom stereocenters. The van der Waals surface area contributed by atoms with Gasteiger partial charge in [-0.3, -0.25) is 0 Å². The quantitative estimate of drug-likeness (QED) is 0.569. The number of hydrogen-bond donors (Lipinski definition) is 0. The molecule has 0 aromatic heterocycles. The lowest BCUT2D eigenvalue weighted by Gasteiger charge is -2.24. The van der Waals surface area contributed by atoms with Gasteiger partial charge in [0.2, 0.25) is 0 Å². The highest BCUT2D eigenvalue weighted by molar-refractivity contribution is 6.39. The van der Waals surface area contributed by atoms with Gasteiger partial charge in [0.1, 0.15) is 9.68 Å². The lowest BCUT2D eigenvalue weighted by molar-refractivity contribution is 0.0512. The van der Waals surface area contributed by atoms with Crippen molar-refractivity contribution in [1.29, 1.82) is 0 Å². The Labute approximate surface area is 115 Å². The lowest BCUT2D eigenvalue weighted by atomic mass is 10.1. The number of rotatable bonds is 10. The molecule has 0 aliphatic carbocycles. The van der Waals surface area contributed by atoms with Crippen molar-refractivity contribution in [3.63, 3.8) is 0 Å². The van der Waals surface area contributed by atoms with Crippen molar-refractivity contribution in [2.45, 2.75) is 53.8 Å². The minimum atomic E-state index is -0.330. The van der Waals surface area contributed by atoms with Crippen molar-refractivity contribution in [1.82, 2.24) is 4.57 Å². The van der Waals surface area contributed by atoms with Crippen LogP contribution in [0.25, 0.3) is 0 Å². The molecule has 0 saturated carbocycles. The second kappa shape index (κ2) is 10.7. The van der Waals surface area contributed by atoms with Crippen LogP contribution in [-0.2, 0) is 9.47 Å². The van der Waals surface area contributed by atoms with Gasteiger partial charge >= 0.3 is 0 Å². The maximum absolute atomic E-state index is 5.73. The van der Waals surface area contributed by atoms with Crippen LogP contribution < -0.4 is 0 Å². The van der Waals surface area contributed by atoms with Crippen LogP contribution in [0.5, 0.6) is 0 Å². The van der Waals surface area contributed by atoms with Crippen LogP contribution in [0.2, 0.25) is 0 Å². The van der Waals surface area contributed by atoms with Crippen LogP contribution >= 0.6 is 0 Å². The highest BCUT2D eigenvalue weighted by Crippen LogP contribution is 2.14. The molecule has 0 amide bonds. The van der Waals surface area contributed by atoms with Crippen LogP contribution in [0.15, 0.2) is 11.3 Å². The summed E-state index contributed by atoms with van der Waals surface area (Å²) >= 11 is 0. The summed E-state index contributed by atoms with van der Waals surface area (Å²) in [6.45, 7) is 16.6. The third kappa shape index (κ3) is 6.68. The lowest BCUT2D eigenvalue weighted by Crippen LogP contribution is -2.29. The van der Waals surface area contributed by atoms with Crippen LogP contribution in [0, 0.1) is 0 Å². The Balaban J connectivity index is 4.67. The van der Waals surface area contributed by atoms with Crippen molar-refractivity contribution < 1.29 is 9.47 Å². The van der Waals surface area contributed by atoms with Gasteiger partial charge in [0.15, 0.2) is 0 Å². The van der Waals surface area contributed by atoms with E-state index >= 15 is 0 Å². The molecular formula is C14H31NO2Si. The predicted molar refractivity (Wildman–Crippen MR) is 81.7 cm³/mol. The smallest absolute Gasteiger partial charge is 0.119 e. The zero-order valence-electron chi connectivity index (χ0n) is 13.0. The van der Waals surface area contributed by atoms with Gasteiger partial charge in [0.25, 0.3) is 0 Å². The van der Waals surface area contributed by atoms with Gasteiger partial charge in [-0.25, -0.2) is 0 Å². The van der Waals surface area contributed by atoms with E-state index in [1.807, 2.05) is 13.8 Å². The van der Waals surface area contributed by atoms with Crippen molar-refractivity contribution in [2.24, 2.45) is 0 Å². The molecule has 0 saturated heterocycles. The molecule has 0 aliphatic rings. The molecule has 0 aromatic carbocycles. The van der Waals surface area contributed by atoms with Gasteiger partial charge in [0.05, 0.1) is 12.2 Å². The van der Waals surface area contributed by atoms with Crippen molar-refractivity contribution in [2.75, 3.05) is 26.3 Å². The number of ether oxygens (including phenoxy) is 2. The van der Waals surface area contributed by atoms with E-state index < -0.39 is 0 Å². The fourth-order valence-corrected chi connectivity index (χ4v) is 3.72. The zero-order chi connectivity index (χ0) is 14.0. The highest BCUT2D eigenvalue weighted by Gasteiger charge is 2.16. The van der Waals surface area contributed by atoms with Crippen LogP contribution in [0.3, 0.4) is 0 Å². The monoisotopic (exact) mass is 273 g/mol. The normalized spacial score (nSPS) is 15.3. The number of nitrogens with zero attached hydrogens (tertiary/aromatic N) is 1. The Kier molecular flexibility index (Phi) is 10.6. The molecule has 108 valence electrons. The topological polar surface area (TPSA) is 21.7 Å². The van der Waals surface area contributed by atoms with Gasteiger partial charge in [0, 0.05) is 13.2 Å². The average molecular weight is 273 g/mol. The molecule has 3 nitrogen and oxygen atoms in total. The standard InChI is InChI=1S/C14H31NO2Si/c1-7-15(8-2)18-11-14(12(5)16-9-3)13(6)17-10-4/h11-13H,7-10,18H2,1-6H3. The Hall–Kier alpha value is -0.163. The van der Waals surface area contributed by atoms with E-state index in [1.54, 1.807) is 0 Å². The van der Waals surface area contributed by atoms with E-state index in [-0.39, 0.29) is 21.9 Å². The van der Waals surface area contributed by atoms with E-state index in [4.69, 9.17) is 9.47 Å². The second-order valence-electron chi connectivity index (χ2n) is 4.39. The molecule has 4 heteroatoms.